The van der Waals surface area contributed by atoms with Crippen LogP contribution in [0.25, 0.3) is 5.69 Å². The van der Waals surface area contributed by atoms with Crippen LogP contribution >= 0.6 is 23.2 Å². The van der Waals surface area contributed by atoms with E-state index in [1.54, 1.807) is 16.9 Å². The summed E-state index contributed by atoms with van der Waals surface area (Å²) in [5.41, 5.74) is 2.39. The van der Waals surface area contributed by atoms with Crippen LogP contribution in [0.1, 0.15) is 11.3 Å². The molecule has 0 radical (unpaired) electrons. The second-order valence-corrected chi connectivity index (χ2v) is 7.91. The number of hydrogen-bond acceptors (Lipinski definition) is 8. The molecule has 0 bridgehead atoms. The first-order valence-corrected chi connectivity index (χ1v) is 11.0. The molecule has 10 nitrogen and oxygen atoms in total. The summed E-state index contributed by atoms with van der Waals surface area (Å²) in [7, 11) is 0. The first-order chi connectivity index (χ1) is 16.1. The van der Waals surface area contributed by atoms with Crippen LogP contribution in [0.3, 0.4) is 0 Å². The van der Waals surface area contributed by atoms with E-state index in [0.29, 0.717) is 37.6 Å². The van der Waals surface area contributed by atoms with Gasteiger partial charge in [-0.25, -0.2) is 9.67 Å². The number of hydrogen-bond donors (Lipinski definition) is 2. The van der Waals surface area contributed by atoms with Crippen molar-refractivity contribution in [2.45, 2.75) is 19.5 Å². The fourth-order valence-corrected chi connectivity index (χ4v) is 3.66. The molecule has 0 aliphatic carbocycles. The number of nitrogens with zero attached hydrogens (tertiary/aromatic N) is 7. The van der Waals surface area contributed by atoms with Gasteiger partial charge in [-0.15, -0.1) is 5.10 Å². The molecule has 0 aliphatic heterocycles. The highest BCUT2D eigenvalue weighted by molar-refractivity contribution is 6.30. The van der Waals surface area contributed by atoms with Crippen LogP contribution in [-0.2, 0) is 19.5 Å². The van der Waals surface area contributed by atoms with Gasteiger partial charge in [0.2, 0.25) is 0 Å². The van der Waals surface area contributed by atoms with Gasteiger partial charge < -0.3 is 10.6 Å². The zero-order valence-electron chi connectivity index (χ0n) is 17.5. The highest BCUT2D eigenvalue weighted by atomic mass is 35.5. The predicted molar refractivity (Wildman–Crippen MR) is 126 cm³/mol. The fourth-order valence-electron chi connectivity index (χ4n) is 3.26. The van der Waals surface area contributed by atoms with Gasteiger partial charge >= 0.3 is 0 Å². The van der Waals surface area contributed by atoms with E-state index in [9.17, 15) is 4.79 Å². The lowest BCUT2D eigenvalue weighted by atomic mass is 10.2. The molecule has 170 valence electrons. The van der Waals surface area contributed by atoms with Crippen LogP contribution in [0.15, 0.2) is 59.9 Å². The maximum absolute atomic E-state index is 12.8. The van der Waals surface area contributed by atoms with E-state index in [0.717, 1.165) is 16.9 Å². The summed E-state index contributed by atoms with van der Waals surface area (Å²) >= 11 is 12.4. The Bertz CT molecular complexity index is 1250. The predicted octanol–water partition coefficient (Wildman–Crippen LogP) is 2.37. The van der Waals surface area contributed by atoms with Crippen LogP contribution in [-0.4, -0.2) is 47.8 Å². The summed E-state index contributed by atoms with van der Waals surface area (Å²) in [5, 5.41) is 18.6. The lowest BCUT2D eigenvalue weighted by Gasteiger charge is -2.13. The fraction of sp³-hybridized carbons (Fsp3) is 0.238. The van der Waals surface area contributed by atoms with Crippen molar-refractivity contribution in [1.82, 2.24) is 40.1 Å². The summed E-state index contributed by atoms with van der Waals surface area (Å²) in [5.74, 6) is 0.256. The average molecular weight is 486 g/mol. The van der Waals surface area contributed by atoms with Gasteiger partial charge in [0, 0.05) is 49.5 Å². The Balaban J connectivity index is 1.36. The highest BCUT2D eigenvalue weighted by Gasteiger charge is 2.10. The number of anilines is 1. The van der Waals surface area contributed by atoms with Crippen molar-refractivity contribution in [3.8, 4) is 5.69 Å². The largest absolute Gasteiger partial charge is 0.365 e. The maximum Gasteiger partial charge on any atom is 0.294 e. The molecular formula is C21H21Cl2N9O. The van der Waals surface area contributed by atoms with E-state index >= 15 is 0 Å². The van der Waals surface area contributed by atoms with Crippen LogP contribution in [0.5, 0.6) is 0 Å². The number of tetrazole rings is 1. The lowest BCUT2D eigenvalue weighted by molar-refractivity contribution is 0.582. The quantitative estimate of drug-likeness (QED) is 0.329. The summed E-state index contributed by atoms with van der Waals surface area (Å²) in [6.07, 6.45) is 5.41. The molecule has 0 atom stereocenters. The molecule has 0 aliphatic rings. The van der Waals surface area contributed by atoms with E-state index in [-0.39, 0.29) is 16.5 Å². The molecule has 0 unspecified atom stereocenters. The summed E-state index contributed by atoms with van der Waals surface area (Å²) in [4.78, 5) is 21.2. The second kappa shape index (κ2) is 11.0. The van der Waals surface area contributed by atoms with Gasteiger partial charge in [0.1, 0.15) is 11.5 Å². The summed E-state index contributed by atoms with van der Waals surface area (Å²) in [6, 6.07) is 11.2. The topological polar surface area (TPSA) is 115 Å². The van der Waals surface area contributed by atoms with Crippen molar-refractivity contribution < 1.29 is 0 Å². The minimum atomic E-state index is -0.276. The van der Waals surface area contributed by atoms with Gasteiger partial charge in [0.15, 0.2) is 5.82 Å². The van der Waals surface area contributed by atoms with Gasteiger partial charge in [-0.1, -0.05) is 29.3 Å². The SMILES string of the molecule is O=c1c(NCCc2ccccn2)ncc(Cl)n1CCNCc1cc(Cl)ccc1-n1cnnn1. The van der Waals surface area contributed by atoms with Crippen LogP contribution < -0.4 is 16.2 Å². The van der Waals surface area contributed by atoms with Gasteiger partial charge in [-0.05, 0) is 46.3 Å². The molecular weight excluding hydrogens is 465 g/mol. The molecule has 3 aromatic heterocycles. The first-order valence-electron chi connectivity index (χ1n) is 10.2. The Morgan fingerprint density at radius 2 is 1.97 bits per heavy atom. The molecule has 0 saturated heterocycles. The monoisotopic (exact) mass is 485 g/mol. The van der Waals surface area contributed by atoms with Gasteiger partial charge in [0.05, 0.1) is 11.9 Å². The van der Waals surface area contributed by atoms with E-state index in [1.807, 2.05) is 30.3 Å². The molecule has 0 amide bonds. The molecule has 33 heavy (non-hydrogen) atoms. The molecule has 1 aromatic carbocycles. The van der Waals surface area contributed by atoms with Crippen molar-refractivity contribution in [3.05, 3.63) is 86.9 Å². The van der Waals surface area contributed by atoms with E-state index in [4.69, 9.17) is 23.2 Å². The minimum absolute atomic E-state index is 0.256. The second-order valence-electron chi connectivity index (χ2n) is 7.09. The Morgan fingerprint density at radius 3 is 2.76 bits per heavy atom. The number of benzene rings is 1. The zero-order chi connectivity index (χ0) is 23.0. The van der Waals surface area contributed by atoms with E-state index in [2.05, 4.69) is 36.1 Å². The number of halogens is 2. The third-order valence-electron chi connectivity index (χ3n) is 4.87. The normalized spacial score (nSPS) is 11.0. The Kier molecular flexibility index (Phi) is 7.61. The average Bonchev–Trinajstić information content (AvgIpc) is 3.35. The minimum Gasteiger partial charge on any atom is -0.365 e. The van der Waals surface area contributed by atoms with Crippen molar-refractivity contribution in [1.29, 1.82) is 0 Å². The molecule has 2 N–H and O–H groups in total. The van der Waals surface area contributed by atoms with E-state index < -0.39 is 0 Å². The van der Waals surface area contributed by atoms with Crippen LogP contribution in [0.4, 0.5) is 5.82 Å². The molecule has 0 saturated carbocycles. The van der Waals surface area contributed by atoms with Gasteiger partial charge in [-0.2, -0.15) is 0 Å². The number of rotatable bonds is 10. The first kappa shape index (κ1) is 22.8. The zero-order valence-corrected chi connectivity index (χ0v) is 19.0. The van der Waals surface area contributed by atoms with Crippen LogP contribution in [0.2, 0.25) is 10.2 Å². The molecule has 3 heterocycles. The Morgan fingerprint density at radius 1 is 1.06 bits per heavy atom. The third-order valence-corrected chi connectivity index (χ3v) is 5.41. The number of pyridine rings is 1. The van der Waals surface area contributed by atoms with Crippen LogP contribution in [0, 0.1) is 0 Å². The Labute approximate surface area is 199 Å². The van der Waals surface area contributed by atoms with Crippen molar-refractivity contribution in [2.75, 3.05) is 18.4 Å². The van der Waals surface area contributed by atoms with Gasteiger partial charge in [-0.3, -0.25) is 14.3 Å². The van der Waals surface area contributed by atoms with E-state index in [1.165, 1.54) is 17.1 Å². The van der Waals surface area contributed by atoms with Crippen molar-refractivity contribution >= 4 is 29.0 Å². The molecule has 0 fully saturated rings. The van der Waals surface area contributed by atoms with Crippen molar-refractivity contribution in [3.63, 3.8) is 0 Å². The van der Waals surface area contributed by atoms with Crippen molar-refractivity contribution in [2.24, 2.45) is 0 Å². The molecule has 12 heteroatoms. The molecule has 4 aromatic rings. The lowest BCUT2D eigenvalue weighted by Crippen LogP contribution is -2.30. The van der Waals surface area contributed by atoms with Gasteiger partial charge in [0.25, 0.3) is 5.56 Å². The number of aromatic nitrogens is 7. The highest BCUT2D eigenvalue weighted by Crippen LogP contribution is 2.18. The number of nitrogens with one attached hydrogen (secondary N) is 2. The standard InChI is InChI=1S/C21H21Cl2N9O/c22-16-4-5-18(32-14-28-29-30-32)15(11-16)12-24-9-10-31-19(23)13-27-20(21(31)33)26-8-6-17-3-1-2-7-25-17/h1-5,7,11,13-14,24H,6,8-10,12H2,(H,26,27). The maximum atomic E-state index is 12.8. The molecule has 0 spiro atoms. The molecule has 4 rings (SSSR count). The smallest absolute Gasteiger partial charge is 0.294 e. The summed E-state index contributed by atoms with van der Waals surface area (Å²) < 4.78 is 3.05. The Hall–Kier alpha value is -3.34. The third kappa shape index (κ3) is 5.92. The summed E-state index contributed by atoms with van der Waals surface area (Å²) in [6.45, 7) is 1.91.